The molecule has 0 aliphatic carbocycles. The number of hydrogen-bond acceptors (Lipinski definition) is 1. The molecule has 0 saturated carbocycles. The van der Waals surface area contributed by atoms with Crippen molar-refractivity contribution in [2.45, 2.75) is 13.1 Å². The van der Waals surface area contributed by atoms with Gasteiger partial charge in [0, 0.05) is 12.6 Å². The summed E-state index contributed by atoms with van der Waals surface area (Å²) in [5.41, 5.74) is -1.35. The monoisotopic (exact) mass is 221 g/mol. The van der Waals surface area contributed by atoms with Crippen LogP contribution in [0.4, 0.5) is 23.2 Å². The average Bonchev–Trinajstić information content (AvgIpc) is 1.99. The third-order valence-corrected chi connectivity index (χ3v) is 1.55. The van der Waals surface area contributed by atoms with Gasteiger partial charge in [0.2, 0.25) is 5.91 Å². The number of amides is 1. The number of hydrogen-bond donors (Lipinski definition) is 1. The molecular formula is C9H7F4NO. The van der Waals surface area contributed by atoms with Crippen molar-refractivity contribution in [2.75, 3.05) is 5.32 Å². The van der Waals surface area contributed by atoms with Crippen molar-refractivity contribution in [1.82, 2.24) is 0 Å². The topological polar surface area (TPSA) is 29.1 Å². The highest BCUT2D eigenvalue weighted by Crippen LogP contribution is 2.31. The molecule has 0 aliphatic heterocycles. The number of alkyl halides is 3. The van der Waals surface area contributed by atoms with Crippen LogP contribution in [0.3, 0.4) is 0 Å². The fourth-order valence-corrected chi connectivity index (χ4v) is 1.03. The zero-order valence-corrected chi connectivity index (χ0v) is 7.65. The van der Waals surface area contributed by atoms with Crippen LogP contribution in [-0.4, -0.2) is 5.91 Å². The number of nitrogens with one attached hydrogen (secondary N) is 1. The standard InChI is InChI=1S/C9H7F4NO/c1-5(15)14-8-3-6(9(11,12)13)2-7(10)4-8/h2-4H,1H3,(H,14,15). The number of carbonyl (C=O) groups excluding carboxylic acids is 1. The number of rotatable bonds is 1. The lowest BCUT2D eigenvalue weighted by molar-refractivity contribution is -0.137. The summed E-state index contributed by atoms with van der Waals surface area (Å²) in [4.78, 5) is 10.6. The van der Waals surface area contributed by atoms with Crippen LogP contribution in [0.5, 0.6) is 0 Å². The van der Waals surface area contributed by atoms with Gasteiger partial charge in [-0.3, -0.25) is 4.79 Å². The van der Waals surface area contributed by atoms with Gasteiger partial charge in [0.25, 0.3) is 0 Å². The van der Waals surface area contributed by atoms with E-state index >= 15 is 0 Å². The fraction of sp³-hybridized carbons (Fsp3) is 0.222. The molecular weight excluding hydrogens is 214 g/mol. The van der Waals surface area contributed by atoms with E-state index in [-0.39, 0.29) is 5.69 Å². The zero-order chi connectivity index (χ0) is 11.6. The molecule has 0 bridgehead atoms. The molecule has 1 rings (SSSR count). The largest absolute Gasteiger partial charge is 0.416 e. The highest BCUT2D eigenvalue weighted by atomic mass is 19.4. The summed E-state index contributed by atoms with van der Waals surface area (Å²) in [6, 6.07) is 1.85. The van der Waals surface area contributed by atoms with E-state index in [1.54, 1.807) is 0 Å². The fourth-order valence-electron chi connectivity index (χ4n) is 1.03. The highest BCUT2D eigenvalue weighted by molar-refractivity contribution is 5.88. The minimum atomic E-state index is -4.63. The second-order valence-corrected chi connectivity index (χ2v) is 2.91. The van der Waals surface area contributed by atoms with Crippen molar-refractivity contribution in [3.63, 3.8) is 0 Å². The Bertz CT molecular complexity index is 386. The summed E-state index contributed by atoms with van der Waals surface area (Å²) in [5, 5.41) is 2.08. The minimum Gasteiger partial charge on any atom is -0.326 e. The maximum absolute atomic E-state index is 12.8. The van der Waals surface area contributed by atoms with E-state index in [1.807, 2.05) is 0 Å². The number of anilines is 1. The second kappa shape index (κ2) is 3.88. The van der Waals surface area contributed by atoms with E-state index in [1.165, 1.54) is 0 Å². The summed E-state index contributed by atoms with van der Waals surface area (Å²) in [6.07, 6.45) is -4.63. The van der Waals surface area contributed by atoms with Gasteiger partial charge >= 0.3 is 6.18 Å². The van der Waals surface area contributed by atoms with Crippen LogP contribution >= 0.6 is 0 Å². The Morgan fingerprint density at radius 3 is 2.33 bits per heavy atom. The van der Waals surface area contributed by atoms with Crippen LogP contribution < -0.4 is 5.32 Å². The van der Waals surface area contributed by atoms with Crippen molar-refractivity contribution in [3.05, 3.63) is 29.6 Å². The second-order valence-electron chi connectivity index (χ2n) is 2.91. The summed E-state index contributed by atoms with van der Waals surface area (Å²) < 4.78 is 49.4. The van der Waals surface area contributed by atoms with E-state index in [2.05, 4.69) is 5.32 Å². The number of halogens is 4. The third-order valence-electron chi connectivity index (χ3n) is 1.55. The van der Waals surface area contributed by atoms with Gasteiger partial charge in [-0.05, 0) is 18.2 Å². The first-order chi connectivity index (χ1) is 6.79. The quantitative estimate of drug-likeness (QED) is 0.726. The summed E-state index contributed by atoms with van der Waals surface area (Å²) in [5.74, 6) is -1.61. The Kier molecular flexibility index (Phi) is 2.97. The number of carbonyl (C=O) groups is 1. The molecule has 0 saturated heterocycles. The van der Waals surface area contributed by atoms with Crippen LogP contribution in [-0.2, 0) is 11.0 Å². The van der Waals surface area contributed by atoms with Gasteiger partial charge in [-0.2, -0.15) is 13.2 Å². The van der Waals surface area contributed by atoms with Crippen molar-refractivity contribution >= 4 is 11.6 Å². The van der Waals surface area contributed by atoms with Gasteiger partial charge in [0.05, 0.1) is 5.56 Å². The molecule has 0 heterocycles. The van der Waals surface area contributed by atoms with Gasteiger partial charge in [0.15, 0.2) is 0 Å². The van der Waals surface area contributed by atoms with Gasteiger partial charge in [-0.25, -0.2) is 4.39 Å². The Morgan fingerprint density at radius 1 is 1.27 bits per heavy atom. The Balaban J connectivity index is 3.11. The Hall–Kier alpha value is -1.59. The lowest BCUT2D eigenvalue weighted by Gasteiger charge is -2.09. The molecule has 0 atom stereocenters. The normalized spacial score (nSPS) is 11.3. The predicted octanol–water partition coefficient (Wildman–Crippen LogP) is 2.80. The van der Waals surface area contributed by atoms with Gasteiger partial charge < -0.3 is 5.32 Å². The molecule has 1 amide bonds. The average molecular weight is 221 g/mol. The van der Waals surface area contributed by atoms with Crippen LogP contribution in [0, 0.1) is 5.82 Å². The lowest BCUT2D eigenvalue weighted by atomic mass is 10.2. The van der Waals surface area contributed by atoms with E-state index < -0.39 is 23.5 Å². The van der Waals surface area contributed by atoms with Gasteiger partial charge in [0.1, 0.15) is 5.82 Å². The Labute approximate surface area is 82.9 Å². The molecule has 0 spiro atoms. The molecule has 0 aliphatic rings. The van der Waals surface area contributed by atoms with Crippen molar-refractivity contribution in [2.24, 2.45) is 0 Å². The van der Waals surface area contributed by atoms with Gasteiger partial charge in [-0.15, -0.1) is 0 Å². The smallest absolute Gasteiger partial charge is 0.326 e. The first kappa shape index (κ1) is 11.5. The summed E-state index contributed by atoms with van der Waals surface area (Å²) in [7, 11) is 0. The maximum Gasteiger partial charge on any atom is 0.416 e. The molecule has 1 aromatic rings. The predicted molar refractivity (Wildman–Crippen MR) is 45.7 cm³/mol. The first-order valence-corrected chi connectivity index (χ1v) is 3.94. The molecule has 6 heteroatoms. The molecule has 1 aromatic carbocycles. The van der Waals surface area contributed by atoms with E-state index in [4.69, 9.17) is 0 Å². The Morgan fingerprint density at radius 2 is 1.87 bits per heavy atom. The van der Waals surface area contributed by atoms with Crippen molar-refractivity contribution in [1.29, 1.82) is 0 Å². The molecule has 82 valence electrons. The minimum absolute atomic E-state index is 0.213. The molecule has 0 radical (unpaired) electrons. The van der Waals surface area contributed by atoms with Gasteiger partial charge in [-0.1, -0.05) is 0 Å². The molecule has 1 N–H and O–H groups in total. The molecule has 0 fully saturated rings. The van der Waals surface area contributed by atoms with E-state index in [0.717, 1.165) is 13.0 Å². The highest BCUT2D eigenvalue weighted by Gasteiger charge is 2.31. The number of benzene rings is 1. The molecule has 15 heavy (non-hydrogen) atoms. The lowest BCUT2D eigenvalue weighted by Crippen LogP contribution is -2.10. The third kappa shape index (κ3) is 3.23. The first-order valence-electron chi connectivity index (χ1n) is 3.94. The molecule has 0 unspecified atom stereocenters. The SMILES string of the molecule is CC(=O)Nc1cc(F)cc(C(F)(F)F)c1. The summed E-state index contributed by atoms with van der Waals surface area (Å²) in [6.45, 7) is 1.12. The van der Waals surface area contributed by atoms with Crippen molar-refractivity contribution in [3.8, 4) is 0 Å². The van der Waals surface area contributed by atoms with E-state index in [0.29, 0.717) is 12.1 Å². The van der Waals surface area contributed by atoms with E-state index in [9.17, 15) is 22.4 Å². The van der Waals surface area contributed by atoms with Crippen molar-refractivity contribution < 1.29 is 22.4 Å². The maximum atomic E-state index is 12.8. The zero-order valence-electron chi connectivity index (χ0n) is 7.65. The van der Waals surface area contributed by atoms with Crippen LogP contribution in [0.2, 0.25) is 0 Å². The van der Waals surface area contributed by atoms with Crippen LogP contribution in [0.15, 0.2) is 18.2 Å². The van der Waals surface area contributed by atoms with Crippen LogP contribution in [0.25, 0.3) is 0 Å². The molecule has 2 nitrogen and oxygen atoms in total. The van der Waals surface area contributed by atoms with Crippen LogP contribution in [0.1, 0.15) is 12.5 Å². The molecule has 0 aromatic heterocycles. The summed E-state index contributed by atoms with van der Waals surface area (Å²) >= 11 is 0.